The van der Waals surface area contributed by atoms with Crippen LogP contribution in [0.1, 0.15) is 38.8 Å². The summed E-state index contributed by atoms with van der Waals surface area (Å²) in [6.45, 7) is 12.1. The molecule has 1 N–H and O–H groups in total. The number of carbonyl (C=O) groups is 1. The number of likely N-dealkylation sites (N-methyl/N-ethyl adjacent to an activating group) is 1. The zero-order valence-corrected chi connectivity index (χ0v) is 12.8. The van der Waals surface area contributed by atoms with Crippen LogP contribution in [-0.4, -0.2) is 29.4 Å². The molecule has 3 heteroatoms. The van der Waals surface area contributed by atoms with E-state index >= 15 is 0 Å². The first-order chi connectivity index (χ1) is 8.81. The summed E-state index contributed by atoms with van der Waals surface area (Å²) in [5.41, 5.74) is 2.39. The van der Waals surface area contributed by atoms with E-state index in [0.717, 1.165) is 6.54 Å². The van der Waals surface area contributed by atoms with E-state index in [2.05, 4.69) is 51.2 Å². The average Bonchev–Trinajstić information content (AvgIpc) is 2.32. The Labute approximate surface area is 117 Å². The highest BCUT2D eigenvalue weighted by molar-refractivity contribution is 5.78. The van der Waals surface area contributed by atoms with Gasteiger partial charge in [0.25, 0.3) is 0 Å². The van der Waals surface area contributed by atoms with Gasteiger partial charge >= 0.3 is 0 Å². The lowest BCUT2D eigenvalue weighted by Gasteiger charge is -2.25. The summed E-state index contributed by atoms with van der Waals surface area (Å²) in [5, 5.41) is 3.24. The number of aryl methyl sites for hydroxylation is 1. The van der Waals surface area contributed by atoms with Crippen LogP contribution in [0, 0.1) is 6.92 Å². The minimum atomic E-state index is -0.0294. The van der Waals surface area contributed by atoms with E-state index in [0.29, 0.717) is 13.1 Å². The third-order valence-corrected chi connectivity index (χ3v) is 2.96. The molecule has 1 aromatic carbocycles. The largest absolute Gasteiger partial charge is 0.338 e. The van der Waals surface area contributed by atoms with Gasteiger partial charge in [0.05, 0.1) is 6.54 Å². The standard InChI is InChI=1S/C16H26N2O/c1-6-18(15(19)11-17-16(3,4)5)12-14-9-7-8-13(2)10-14/h7-10,17H,6,11-12H2,1-5H3. The second-order valence-corrected chi connectivity index (χ2v) is 6.00. The fourth-order valence-corrected chi connectivity index (χ4v) is 1.86. The van der Waals surface area contributed by atoms with Crippen LogP contribution in [0.4, 0.5) is 0 Å². The molecule has 19 heavy (non-hydrogen) atoms. The van der Waals surface area contributed by atoms with Gasteiger partial charge in [0.15, 0.2) is 0 Å². The zero-order valence-electron chi connectivity index (χ0n) is 12.8. The van der Waals surface area contributed by atoms with E-state index in [-0.39, 0.29) is 11.4 Å². The van der Waals surface area contributed by atoms with Gasteiger partial charge in [-0.25, -0.2) is 0 Å². The summed E-state index contributed by atoms with van der Waals surface area (Å²) < 4.78 is 0. The minimum absolute atomic E-state index is 0.0294. The van der Waals surface area contributed by atoms with Crippen LogP contribution in [0.5, 0.6) is 0 Å². The Bertz CT molecular complexity index is 421. The predicted octanol–water partition coefficient (Wildman–Crippen LogP) is 2.73. The molecule has 0 bridgehead atoms. The molecule has 1 rings (SSSR count). The molecule has 3 nitrogen and oxygen atoms in total. The van der Waals surface area contributed by atoms with Gasteiger partial charge in [0, 0.05) is 18.6 Å². The van der Waals surface area contributed by atoms with Crippen molar-refractivity contribution < 1.29 is 4.79 Å². The van der Waals surface area contributed by atoms with Gasteiger partial charge in [0.2, 0.25) is 5.91 Å². The molecule has 0 spiro atoms. The number of rotatable bonds is 5. The molecule has 0 aliphatic rings. The molecule has 0 fully saturated rings. The molecular formula is C16H26N2O. The molecule has 0 unspecified atom stereocenters. The topological polar surface area (TPSA) is 32.3 Å². The number of nitrogens with one attached hydrogen (secondary N) is 1. The quantitative estimate of drug-likeness (QED) is 0.885. The first-order valence-electron chi connectivity index (χ1n) is 6.90. The van der Waals surface area contributed by atoms with E-state index in [9.17, 15) is 4.79 Å². The Balaban J connectivity index is 2.60. The fourth-order valence-electron chi connectivity index (χ4n) is 1.86. The normalized spacial score (nSPS) is 11.4. The monoisotopic (exact) mass is 262 g/mol. The summed E-state index contributed by atoms with van der Waals surface area (Å²) in [6.07, 6.45) is 0. The molecule has 1 amide bonds. The van der Waals surface area contributed by atoms with Crippen LogP contribution in [0.3, 0.4) is 0 Å². The van der Waals surface area contributed by atoms with Gasteiger partial charge in [0.1, 0.15) is 0 Å². The van der Waals surface area contributed by atoms with Gasteiger partial charge in [-0.3, -0.25) is 4.79 Å². The van der Waals surface area contributed by atoms with Crippen molar-refractivity contribution in [3.63, 3.8) is 0 Å². The van der Waals surface area contributed by atoms with Crippen LogP contribution in [0.15, 0.2) is 24.3 Å². The highest BCUT2D eigenvalue weighted by Crippen LogP contribution is 2.08. The zero-order chi connectivity index (χ0) is 14.5. The van der Waals surface area contributed by atoms with Gasteiger partial charge < -0.3 is 10.2 Å². The Hall–Kier alpha value is -1.35. The summed E-state index contributed by atoms with van der Waals surface area (Å²) >= 11 is 0. The molecule has 0 aromatic heterocycles. The highest BCUT2D eigenvalue weighted by atomic mass is 16.2. The first-order valence-corrected chi connectivity index (χ1v) is 6.90. The number of nitrogens with zero attached hydrogens (tertiary/aromatic N) is 1. The Morgan fingerprint density at radius 3 is 2.53 bits per heavy atom. The molecule has 0 aliphatic carbocycles. The lowest BCUT2D eigenvalue weighted by molar-refractivity contribution is -0.130. The summed E-state index contributed by atoms with van der Waals surface area (Å²) in [6, 6.07) is 8.31. The van der Waals surface area contributed by atoms with E-state index in [1.165, 1.54) is 11.1 Å². The van der Waals surface area contributed by atoms with Gasteiger partial charge in [-0.05, 0) is 40.2 Å². The Morgan fingerprint density at radius 2 is 2.00 bits per heavy atom. The van der Waals surface area contributed by atoms with E-state index in [4.69, 9.17) is 0 Å². The molecule has 0 heterocycles. The molecule has 1 aromatic rings. The molecule has 106 valence electrons. The summed E-state index contributed by atoms with van der Waals surface area (Å²) in [5.74, 6) is 0.152. The smallest absolute Gasteiger partial charge is 0.236 e. The first kappa shape index (κ1) is 15.7. The van der Waals surface area contributed by atoms with Crippen molar-refractivity contribution >= 4 is 5.91 Å². The SMILES string of the molecule is CCN(Cc1cccc(C)c1)C(=O)CNC(C)(C)C. The molecule has 0 atom stereocenters. The Morgan fingerprint density at radius 1 is 1.32 bits per heavy atom. The molecule has 0 saturated heterocycles. The van der Waals surface area contributed by atoms with Crippen molar-refractivity contribution in [1.29, 1.82) is 0 Å². The van der Waals surface area contributed by atoms with Crippen molar-refractivity contribution in [2.45, 2.75) is 46.7 Å². The molecular weight excluding hydrogens is 236 g/mol. The maximum absolute atomic E-state index is 12.2. The second kappa shape index (κ2) is 6.71. The predicted molar refractivity (Wildman–Crippen MR) is 80.0 cm³/mol. The molecule has 0 aliphatic heterocycles. The van der Waals surface area contributed by atoms with Crippen molar-refractivity contribution in [3.05, 3.63) is 35.4 Å². The number of carbonyl (C=O) groups excluding carboxylic acids is 1. The maximum atomic E-state index is 12.2. The van der Waals surface area contributed by atoms with E-state index < -0.39 is 0 Å². The fraction of sp³-hybridized carbons (Fsp3) is 0.562. The maximum Gasteiger partial charge on any atom is 0.236 e. The highest BCUT2D eigenvalue weighted by Gasteiger charge is 2.15. The van der Waals surface area contributed by atoms with Crippen molar-refractivity contribution in [3.8, 4) is 0 Å². The van der Waals surface area contributed by atoms with Gasteiger partial charge in [-0.1, -0.05) is 29.8 Å². The average molecular weight is 262 g/mol. The number of hydrogen-bond donors (Lipinski definition) is 1. The van der Waals surface area contributed by atoms with E-state index in [1.807, 2.05) is 17.9 Å². The van der Waals surface area contributed by atoms with E-state index in [1.54, 1.807) is 0 Å². The number of amides is 1. The number of hydrogen-bond acceptors (Lipinski definition) is 2. The third-order valence-electron chi connectivity index (χ3n) is 2.96. The second-order valence-electron chi connectivity index (χ2n) is 6.00. The molecule has 0 saturated carbocycles. The van der Waals surface area contributed by atoms with Crippen molar-refractivity contribution in [1.82, 2.24) is 10.2 Å². The van der Waals surface area contributed by atoms with Crippen LogP contribution < -0.4 is 5.32 Å². The minimum Gasteiger partial charge on any atom is -0.338 e. The molecule has 0 radical (unpaired) electrons. The van der Waals surface area contributed by atoms with Gasteiger partial charge in [-0.2, -0.15) is 0 Å². The van der Waals surface area contributed by atoms with Crippen molar-refractivity contribution in [2.75, 3.05) is 13.1 Å². The third kappa shape index (κ3) is 5.88. The summed E-state index contributed by atoms with van der Waals surface area (Å²) in [7, 11) is 0. The summed E-state index contributed by atoms with van der Waals surface area (Å²) in [4.78, 5) is 14.1. The van der Waals surface area contributed by atoms with Crippen molar-refractivity contribution in [2.24, 2.45) is 0 Å². The van der Waals surface area contributed by atoms with Crippen LogP contribution in [0.2, 0.25) is 0 Å². The lowest BCUT2D eigenvalue weighted by Crippen LogP contribution is -2.44. The lowest BCUT2D eigenvalue weighted by atomic mass is 10.1. The van der Waals surface area contributed by atoms with Crippen LogP contribution >= 0.6 is 0 Å². The van der Waals surface area contributed by atoms with Gasteiger partial charge in [-0.15, -0.1) is 0 Å². The van der Waals surface area contributed by atoms with Crippen LogP contribution in [-0.2, 0) is 11.3 Å². The Kier molecular flexibility index (Phi) is 5.55. The number of benzene rings is 1. The van der Waals surface area contributed by atoms with Crippen LogP contribution in [0.25, 0.3) is 0 Å².